The zero-order valence-electron chi connectivity index (χ0n) is 12.7. The lowest BCUT2D eigenvalue weighted by molar-refractivity contribution is -0.144. The average molecular weight is 267 g/mol. The molecule has 0 amide bonds. The summed E-state index contributed by atoms with van der Waals surface area (Å²) in [4.78, 5) is 11.8. The van der Waals surface area contributed by atoms with Gasteiger partial charge in [0.2, 0.25) is 0 Å². The first-order valence-electron chi connectivity index (χ1n) is 7.95. The Morgan fingerprint density at radius 1 is 1.11 bits per heavy atom. The number of fused-ring (bicyclic) bond motifs is 1. The third kappa shape index (κ3) is 3.71. The van der Waals surface area contributed by atoms with E-state index in [4.69, 9.17) is 4.74 Å². The fourth-order valence-corrected chi connectivity index (χ4v) is 3.94. The van der Waals surface area contributed by atoms with Gasteiger partial charge in [-0.05, 0) is 37.0 Å². The summed E-state index contributed by atoms with van der Waals surface area (Å²) < 4.78 is 4.92. The minimum absolute atomic E-state index is 0.110. The first kappa shape index (κ1) is 14.8. The van der Waals surface area contributed by atoms with Gasteiger partial charge in [0.25, 0.3) is 0 Å². The summed E-state index contributed by atoms with van der Waals surface area (Å²) in [5, 5.41) is 3.56. The smallest absolute Gasteiger partial charge is 0.323 e. The van der Waals surface area contributed by atoms with Crippen LogP contribution in [0, 0.1) is 17.8 Å². The largest absolute Gasteiger partial charge is 0.468 e. The van der Waals surface area contributed by atoms with Crippen LogP contribution in [-0.2, 0) is 9.53 Å². The molecule has 0 spiro atoms. The molecule has 0 aliphatic heterocycles. The molecule has 2 fully saturated rings. The molecule has 0 aromatic rings. The van der Waals surface area contributed by atoms with Crippen LogP contribution in [0.15, 0.2) is 0 Å². The third-order valence-electron chi connectivity index (χ3n) is 5.08. The SMILES string of the molecule is COC(=O)[C@@H](NC1CCC2CCCCC2C1)C(C)C. The molecular formula is C16H29NO2. The molecule has 2 rings (SSSR count). The van der Waals surface area contributed by atoms with E-state index in [1.807, 2.05) is 0 Å². The Morgan fingerprint density at radius 3 is 2.42 bits per heavy atom. The van der Waals surface area contributed by atoms with Crippen molar-refractivity contribution in [1.82, 2.24) is 5.32 Å². The van der Waals surface area contributed by atoms with E-state index in [1.54, 1.807) is 0 Å². The Morgan fingerprint density at radius 2 is 1.79 bits per heavy atom. The summed E-state index contributed by atoms with van der Waals surface area (Å²) in [6.07, 6.45) is 9.48. The van der Waals surface area contributed by atoms with Crippen molar-refractivity contribution in [2.75, 3.05) is 7.11 Å². The van der Waals surface area contributed by atoms with Crippen molar-refractivity contribution in [1.29, 1.82) is 0 Å². The Hall–Kier alpha value is -0.570. The Balaban J connectivity index is 1.89. The number of carbonyl (C=O) groups is 1. The first-order chi connectivity index (χ1) is 9.11. The van der Waals surface area contributed by atoms with Crippen molar-refractivity contribution < 1.29 is 9.53 Å². The number of rotatable bonds is 4. The normalized spacial score (nSPS) is 32.7. The van der Waals surface area contributed by atoms with Crippen LogP contribution in [0.3, 0.4) is 0 Å². The van der Waals surface area contributed by atoms with Gasteiger partial charge in [0, 0.05) is 6.04 Å². The van der Waals surface area contributed by atoms with Gasteiger partial charge in [0.15, 0.2) is 0 Å². The van der Waals surface area contributed by atoms with Crippen LogP contribution in [0.4, 0.5) is 0 Å². The zero-order chi connectivity index (χ0) is 13.8. The van der Waals surface area contributed by atoms with Gasteiger partial charge in [-0.15, -0.1) is 0 Å². The lowest BCUT2D eigenvalue weighted by Gasteiger charge is -2.40. The highest BCUT2D eigenvalue weighted by Crippen LogP contribution is 2.40. The maximum atomic E-state index is 11.8. The first-order valence-corrected chi connectivity index (χ1v) is 7.95. The molecule has 3 unspecified atom stereocenters. The quantitative estimate of drug-likeness (QED) is 0.795. The van der Waals surface area contributed by atoms with Gasteiger partial charge in [-0.1, -0.05) is 39.5 Å². The minimum atomic E-state index is -0.143. The minimum Gasteiger partial charge on any atom is -0.468 e. The second kappa shape index (κ2) is 6.74. The van der Waals surface area contributed by atoms with Crippen LogP contribution in [0.1, 0.15) is 58.8 Å². The van der Waals surface area contributed by atoms with Crippen LogP contribution in [-0.4, -0.2) is 25.2 Å². The van der Waals surface area contributed by atoms with E-state index < -0.39 is 0 Å². The average Bonchev–Trinajstić information content (AvgIpc) is 2.43. The van der Waals surface area contributed by atoms with Crippen molar-refractivity contribution >= 4 is 5.97 Å². The molecule has 2 aliphatic carbocycles. The summed E-state index contributed by atoms with van der Waals surface area (Å²) in [6.45, 7) is 4.17. The summed E-state index contributed by atoms with van der Waals surface area (Å²) in [6, 6.07) is 0.362. The van der Waals surface area contributed by atoms with Crippen molar-refractivity contribution in [2.24, 2.45) is 17.8 Å². The van der Waals surface area contributed by atoms with E-state index >= 15 is 0 Å². The van der Waals surface area contributed by atoms with E-state index in [0.717, 1.165) is 11.8 Å². The summed E-state index contributed by atoms with van der Waals surface area (Å²) in [5.74, 6) is 2.03. The van der Waals surface area contributed by atoms with Gasteiger partial charge in [0.1, 0.15) is 6.04 Å². The fourth-order valence-electron chi connectivity index (χ4n) is 3.94. The predicted molar refractivity (Wildman–Crippen MR) is 76.9 cm³/mol. The molecule has 0 heterocycles. The molecule has 0 aromatic carbocycles. The molecule has 2 aliphatic rings. The highest BCUT2D eigenvalue weighted by molar-refractivity contribution is 5.75. The number of esters is 1. The maximum absolute atomic E-state index is 11.8. The second-order valence-corrected chi connectivity index (χ2v) is 6.73. The molecule has 1 N–H and O–H groups in total. The molecule has 3 heteroatoms. The van der Waals surface area contributed by atoms with Crippen molar-refractivity contribution in [3.63, 3.8) is 0 Å². The predicted octanol–water partition coefficient (Wildman–Crippen LogP) is 3.13. The summed E-state index contributed by atoms with van der Waals surface area (Å²) in [7, 11) is 1.48. The van der Waals surface area contributed by atoms with Crippen LogP contribution in [0.5, 0.6) is 0 Å². The van der Waals surface area contributed by atoms with E-state index in [9.17, 15) is 4.79 Å². The molecular weight excluding hydrogens is 238 g/mol. The molecule has 0 radical (unpaired) electrons. The van der Waals surface area contributed by atoms with Gasteiger partial charge in [-0.3, -0.25) is 4.79 Å². The van der Waals surface area contributed by atoms with Crippen molar-refractivity contribution in [3.05, 3.63) is 0 Å². The van der Waals surface area contributed by atoms with Crippen molar-refractivity contribution in [3.8, 4) is 0 Å². The number of nitrogens with one attached hydrogen (secondary N) is 1. The maximum Gasteiger partial charge on any atom is 0.323 e. The molecule has 3 nitrogen and oxygen atoms in total. The Bertz CT molecular complexity index is 303. The Labute approximate surface area is 117 Å². The topological polar surface area (TPSA) is 38.3 Å². The summed E-state index contributed by atoms with van der Waals surface area (Å²) in [5.41, 5.74) is 0. The van der Waals surface area contributed by atoms with Crippen molar-refractivity contribution in [2.45, 2.75) is 70.9 Å². The lowest BCUT2D eigenvalue weighted by atomic mass is 9.69. The van der Waals surface area contributed by atoms with Gasteiger partial charge >= 0.3 is 5.97 Å². The van der Waals surface area contributed by atoms with Gasteiger partial charge in [-0.2, -0.15) is 0 Å². The molecule has 110 valence electrons. The monoisotopic (exact) mass is 267 g/mol. The van der Waals surface area contributed by atoms with Crippen LogP contribution in [0.25, 0.3) is 0 Å². The number of methoxy groups -OCH3 is 1. The highest BCUT2D eigenvalue weighted by atomic mass is 16.5. The zero-order valence-corrected chi connectivity index (χ0v) is 12.7. The molecule has 2 saturated carbocycles. The van der Waals surface area contributed by atoms with Crippen LogP contribution >= 0.6 is 0 Å². The number of hydrogen-bond acceptors (Lipinski definition) is 3. The molecule has 4 atom stereocenters. The fraction of sp³-hybridized carbons (Fsp3) is 0.938. The second-order valence-electron chi connectivity index (χ2n) is 6.73. The van der Waals surface area contributed by atoms with E-state index in [-0.39, 0.29) is 17.9 Å². The molecule has 0 saturated heterocycles. The molecule has 19 heavy (non-hydrogen) atoms. The summed E-state index contributed by atoms with van der Waals surface area (Å²) >= 11 is 0. The lowest BCUT2D eigenvalue weighted by Crippen LogP contribution is -2.49. The number of ether oxygens (including phenoxy) is 1. The van der Waals surface area contributed by atoms with Crippen LogP contribution in [0.2, 0.25) is 0 Å². The number of hydrogen-bond donors (Lipinski definition) is 1. The third-order valence-corrected chi connectivity index (χ3v) is 5.08. The molecule has 0 bridgehead atoms. The van der Waals surface area contributed by atoms with Crippen LogP contribution < -0.4 is 5.32 Å². The standard InChI is InChI=1S/C16H29NO2/c1-11(2)15(16(18)19-3)17-14-9-8-12-6-4-5-7-13(12)10-14/h11-15,17H,4-10H2,1-3H3/t12?,13?,14?,15-/m0/s1. The van der Waals surface area contributed by atoms with E-state index in [2.05, 4.69) is 19.2 Å². The van der Waals surface area contributed by atoms with E-state index in [0.29, 0.717) is 6.04 Å². The van der Waals surface area contributed by atoms with Gasteiger partial charge in [0.05, 0.1) is 7.11 Å². The van der Waals surface area contributed by atoms with Gasteiger partial charge in [-0.25, -0.2) is 0 Å². The Kier molecular flexibility index (Phi) is 5.26. The van der Waals surface area contributed by atoms with Gasteiger partial charge < -0.3 is 10.1 Å². The molecule has 0 aromatic heterocycles. The number of carbonyl (C=O) groups excluding carboxylic acids is 1. The highest BCUT2D eigenvalue weighted by Gasteiger charge is 2.34. The van der Waals surface area contributed by atoms with E-state index in [1.165, 1.54) is 52.1 Å².